The van der Waals surface area contributed by atoms with E-state index >= 15 is 0 Å². The molecule has 0 atom stereocenters. The van der Waals surface area contributed by atoms with Crippen molar-refractivity contribution < 1.29 is 14.4 Å². The molecule has 25 heavy (non-hydrogen) atoms. The first kappa shape index (κ1) is 20.1. The smallest absolute Gasteiger partial charge is 0.287 e. The van der Waals surface area contributed by atoms with Crippen LogP contribution in [0.4, 0.5) is 0 Å². The molecule has 6 N–H and O–H groups in total. The summed E-state index contributed by atoms with van der Waals surface area (Å²) in [6.45, 7) is 4.84. The number of amidine groups is 1. The predicted molar refractivity (Wildman–Crippen MR) is 92.6 cm³/mol. The van der Waals surface area contributed by atoms with Gasteiger partial charge in [-0.05, 0) is 19.8 Å². The lowest BCUT2D eigenvalue weighted by molar-refractivity contribution is -0.118. The van der Waals surface area contributed by atoms with E-state index in [2.05, 4.69) is 31.2 Å². The van der Waals surface area contributed by atoms with Crippen LogP contribution in [0.2, 0.25) is 0 Å². The molecule has 3 amide bonds. The maximum atomic E-state index is 11.9. The zero-order valence-electron chi connectivity index (χ0n) is 14.5. The molecule has 0 spiro atoms. The molecule has 138 valence electrons. The Morgan fingerprint density at radius 3 is 2.20 bits per heavy atom. The topological polar surface area (TPSA) is 152 Å². The van der Waals surface area contributed by atoms with E-state index in [0.29, 0.717) is 25.5 Å². The molecule has 1 rings (SSSR count). The Morgan fingerprint density at radius 2 is 1.56 bits per heavy atom. The molecule has 0 saturated heterocycles. The normalized spacial score (nSPS) is 10.0. The highest BCUT2D eigenvalue weighted by atomic mass is 16.2. The van der Waals surface area contributed by atoms with E-state index in [1.54, 1.807) is 6.92 Å². The number of hydrogen-bond acceptors (Lipinski definition) is 5. The fraction of sp³-hybridized carbons (Fsp3) is 0.533. The predicted octanol–water partition coefficient (Wildman–Crippen LogP) is -0.628. The van der Waals surface area contributed by atoms with Gasteiger partial charge in [0, 0.05) is 33.1 Å². The summed E-state index contributed by atoms with van der Waals surface area (Å²) in [5, 5.41) is 18.0. The van der Waals surface area contributed by atoms with Crippen LogP contribution in [0.25, 0.3) is 0 Å². The third kappa shape index (κ3) is 8.49. The van der Waals surface area contributed by atoms with Crippen molar-refractivity contribution in [2.24, 2.45) is 0 Å². The summed E-state index contributed by atoms with van der Waals surface area (Å²) >= 11 is 0. The van der Waals surface area contributed by atoms with Gasteiger partial charge < -0.3 is 26.3 Å². The molecule has 0 aliphatic heterocycles. The number of nitrogens with zero attached hydrogens (tertiary/aromatic N) is 1. The van der Waals surface area contributed by atoms with E-state index in [0.717, 1.165) is 12.8 Å². The lowest BCUT2D eigenvalue weighted by Gasteiger charge is -2.05. The second-order valence-electron chi connectivity index (χ2n) is 5.40. The summed E-state index contributed by atoms with van der Waals surface area (Å²) in [6.07, 6.45) is 2.91. The Hall–Kier alpha value is -2.91. The number of carbonyl (C=O) groups excluding carboxylic acids is 3. The molecule has 0 saturated carbocycles. The fourth-order valence-corrected chi connectivity index (χ4v) is 1.87. The maximum absolute atomic E-state index is 11.9. The molecule has 10 nitrogen and oxygen atoms in total. The third-order valence-electron chi connectivity index (χ3n) is 3.10. The molecule has 0 aliphatic carbocycles. The van der Waals surface area contributed by atoms with E-state index in [-0.39, 0.29) is 29.9 Å². The van der Waals surface area contributed by atoms with Gasteiger partial charge >= 0.3 is 0 Å². The van der Waals surface area contributed by atoms with E-state index in [4.69, 9.17) is 5.41 Å². The fourth-order valence-electron chi connectivity index (χ4n) is 1.87. The molecule has 0 aliphatic rings. The Balaban J connectivity index is 2.28. The molecule has 0 fully saturated rings. The zero-order valence-corrected chi connectivity index (χ0v) is 14.5. The Labute approximate surface area is 146 Å². The van der Waals surface area contributed by atoms with Gasteiger partial charge in [0.05, 0.1) is 12.0 Å². The summed E-state index contributed by atoms with van der Waals surface area (Å²) in [7, 11) is 0. The van der Waals surface area contributed by atoms with Gasteiger partial charge in [0.1, 0.15) is 5.69 Å². The lowest BCUT2D eigenvalue weighted by atomic mass is 10.3. The van der Waals surface area contributed by atoms with E-state index < -0.39 is 5.91 Å². The maximum Gasteiger partial charge on any atom is 0.287 e. The first-order chi connectivity index (χ1) is 11.9. The van der Waals surface area contributed by atoms with Crippen molar-refractivity contribution in [2.45, 2.75) is 26.7 Å². The molecule has 0 radical (unpaired) electrons. The number of nitrogens with one attached hydrogen (secondary N) is 6. The Bertz CT molecular complexity index is 612. The van der Waals surface area contributed by atoms with Crippen molar-refractivity contribution in [3.05, 3.63) is 17.7 Å². The number of unbranched alkanes of at least 4 members (excludes halogenated alkanes) is 1. The number of hydrogen-bond donors (Lipinski definition) is 6. The molecule has 0 unspecified atom stereocenters. The van der Waals surface area contributed by atoms with Gasteiger partial charge in [-0.1, -0.05) is 0 Å². The van der Waals surface area contributed by atoms with Crippen LogP contribution in [0.3, 0.4) is 0 Å². The molecule has 10 heteroatoms. The zero-order chi connectivity index (χ0) is 18.7. The van der Waals surface area contributed by atoms with Gasteiger partial charge in [-0.2, -0.15) is 0 Å². The Morgan fingerprint density at radius 1 is 0.960 bits per heavy atom. The van der Waals surface area contributed by atoms with Crippen LogP contribution >= 0.6 is 0 Å². The van der Waals surface area contributed by atoms with Crippen LogP contribution < -0.4 is 21.3 Å². The van der Waals surface area contributed by atoms with Crippen LogP contribution in [-0.2, 0) is 4.79 Å². The van der Waals surface area contributed by atoms with Gasteiger partial charge in [-0.3, -0.25) is 19.8 Å². The highest BCUT2D eigenvalue weighted by Gasteiger charge is 2.13. The number of imidazole rings is 1. The van der Waals surface area contributed by atoms with Crippen molar-refractivity contribution in [3.63, 3.8) is 0 Å². The van der Waals surface area contributed by atoms with Crippen LogP contribution in [0.1, 0.15) is 47.8 Å². The minimum Gasteiger partial charge on any atom is -0.374 e. The highest BCUT2D eigenvalue weighted by molar-refractivity contribution is 5.95. The minimum atomic E-state index is -0.447. The quantitative estimate of drug-likeness (QED) is 0.188. The number of aromatic amines is 1. The van der Waals surface area contributed by atoms with Crippen molar-refractivity contribution >= 4 is 23.6 Å². The average Bonchev–Trinajstić information content (AvgIpc) is 3.04. The number of carbonyl (C=O) groups is 3. The lowest BCUT2D eigenvalue weighted by Crippen LogP contribution is -2.34. The Kier molecular flexibility index (Phi) is 8.69. The monoisotopic (exact) mass is 351 g/mol. The summed E-state index contributed by atoms with van der Waals surface area (Å²) in [5.41, 5.74) is 0.209. The van der Waals surface area contributed by atoms with Crippen LogP contribution in [0.5, 0.6) is 0 Å². The van der Waals surface area contributed by atoms with Gasteiger partial charge in [0.25, 0.3) is 11.8 Å². The molecular weight excluding hydrogens is 326 g/mol. The molecule has 1 aromatic rings. The van der Waals surface area contributed by atoms with E-state index in [1.807, 2.05) is 0 Å². The van der Waals surface area contributed by atoms with Gasteiger partial charge in [0.2, 0.25) is 5.91 Å². The molecule has 1 aromatic heterocycles. The second-order valence-corrected chi connectivity index (χ2v) is 5.40. The second kappa shape index (κ2) is 10.8. The van der Waals surface area contributed by atoms with Gasteiger partial charge in [-0.15, -0.1) is 0 Å². The van der Waals surface area contributed by atoms with Crippen molar-refractivity contribution in [1.82, 2.24) is 31.2 Å². The number of aromatic nitrogens is 2. The van der Waals surface area contributed by atoms with Gasteiger partial charge in [0.15, 0.2) is 5.82 Å². The molecule has 1 heterocycles. The molecular formula is C15H25N7O3. The first-order valence-electron chi connectivity index (χ1n) is 8.05. The number of H-pyrrole nitrogens is 1. The first-order valence-corrected chi connectivity index (χ1v) is 8.05. The molecule has 0 aromatic carbocycles. The minimum absolute atomic E-state index is 0.0404. The van der Waals surface area contributed by atoms with Crippen molar-refractivity contribution in [1.29, 1.82) is 5.41 Å². The van der Waals surface area contributed by atoms with E-state index in [9.17, 15) is 14.4 Å². The van der Waals surface area contributed by atoms with Crippen molar-refractivity contribution in [2.75, 3.05) is 26.2 Å². The summed E-state index contributed by atoms with van der Waals surface area (Å²) < 4.78 is 0. The largest absolute Gasteiger partial charge is 0.374 e. The SMILES string of the molecule is CC(=N)NCCCCNC(=O)c1cnc(C(=O)NCCNC(C)=O)[nH]1. The number of rotatable bonds is 10. The van der Waals surface area contributed by atoms with Crippen LogP contribution in [-0.4, -0.2) is 59.7 Å². The van der Waals surface area contributed by atoms with Gasteiger partial charge in [-0.25, -0.2) is 4.98 Å². The van der Waals surface area contributed by atoms with Crippen LogP contribution in [0.15, 0.2) is 6.20 Å². The highest BCUT2D eigenvalue weighted by Crippen LogP contribution is 1.97. The standard InChI is InChI=1S/C15H25N7O3/c1-10(16)17-5-3-4-6-19-14(24)12-9-21-13(22-12)15(25)20-8-7-18-11(2)23/h9H,3-8H2,1-2H3,(H2,16,17)(H,18,23)(H,19,24)(H,20,25)(H,21,22). The summed E-state index contributed by atoms with van der Waals surface area (Å²) in [4.78, 5) is 41.0. The third-order valence-corrected chi connectivity index (χ3v) is 3.10. The van der Waals surface area contributed by atoms with Crippen molar-refractivity contribution in [3.8, 4) is 0 Å². The average molecular weight is 351 g/mol. The van der Waals surface area contributed by atoms with Crippen LogP contribution in [0, 0.1) is 5.41 Å². The summed E-state index contributed by atoms with van der Waals surface area (Å²) in [6, 6.07) is 0. The van der Waals surface area contributed by atoms with E-state index in [1.165, 1.54) is 13.1 Å². The number of amides is 3. The molecule has 0 bridgehead atoms. The summed E-state index contributed by atoms with van der Waals surface area (Å²) in [5.74, 6) is -0.489.